The van der Waals surface area contributed by atoms with Gasteiger partial charge in [0.05, 0.1) is 0 Å². The summed E-state index contributed by atoms with van der Waals surface area (Å²) in [5, 5.41) is 10.5. The third kappa shape index (κ3) is 4.14. The Morgan fingerprint density at radius 2 is 1.38 bits per heavy atom. The summed E-state index contributed by atoms with van der Waals surface area (Å²) in [6.07, 6.45) is 1.05. The monoisotopic (exact) mass is 352 g/mol. The van der Waals surface area contributed by atoms with Gasteiger partial charge in [-0.3, -0.25) is 0 Å². The van der Waals surface area contributed by atoms with Gasteiger partial charge in [0.15, 0.2) is 0 Å². The van der Waals surface area contributed by atoms with Crippen molar-refractivity contribution in [1.29, 1.82) is 0 Å². The topological polar surface area (TPSA) is 20.2 Å². The van der Waals surface area contributed by atoms with E-state index >= 15 is 0 Å². The number of aromatic hydroxyl groups is 1. The minimum atomic E-state index is -0.0763. The fraction of sp³-hybridized carbons (Fsp3) is 0.520. The van der Waals surface area contributed by atoms with Crippen LogP contribution in [0, 0.1) is 13.8 Å². The van der Waals surface area contributed by atoms with Gasteiger partial charge in [0.25, 0.3) is 0 Å². The molecule has 0 bridgehead atoms. The summed E-state index contributed by atoms with van der Waals surface area (Å²) in [6.45, 7) is 19.9. The third-order valence-electron chi connectivity index (χ3n) is 5.50. The summed E-state index contributed by atoms with van der Waals surface area (Å²) in [6, 6.07) is 11.1. The highest BCUT2D eigenvalue weighted by atomic mass is 16.3. The van der Waals surface area contributed by atoms with Crippen molar-refractivity contribution in [3.05, 3.63) is 63.7 Å². The fourth-order valence-electron chi connectivity index (χ4n) is 3.78. The molecule has 0 heterocycles. The van der Waals surface area contributed by atoms with Crippen molar-refractivity contribution in [3.8, 4) is 5.75 Å². The summed E-state index contributed by atoms with van der Waals surface area (Å²) in [5.74, 6) is 0.757. The van der Waals surface area contributed by atoms with Gasteiger partial charge < -0.3 is 5.11 Å². The number of hydrogen-bond acceptors (Lipinski definition) is 1. The van der Waals surface area contributed by atoms with Gasteiger partial charge in [0.1, 0.15) is 5.75 Å². The van der Waals surface area contributed by atoms with Crippen molar-refractivity contribution in [2.45, 2.75) is 85.5 Å². The molecule has 0 radical (unpaired) electrons. The molecule has 0 aliphatic carbocycles. The lowest BCUT2D eigenvalue weighted by atomic mass is 9.77. The highest BCUT2D eigenvalue weighted by Gasteiger charge is 2.24. The SMILES string of the molecule is CCC(c1cc(C(C)(C)C)ccc1C)c1cc(C(C)(C)C)c(O)cc1C. The van der Waals surface area contributed by atoms with Crippen molar-refractivity contribution >= 4 is 0 Å². The molecule has 1 unspecified atom stereocenters. The summed E-state index contributed by atoms with van der Waals surface area (Å²) in [4.78, 5) is 0. The molecule has 0 spiro atoms. The molecule has 26 heavy (non-hydrogen) atoms. The lowest BCUT2D eigenvalue weighted by molar-refractivity contribution is 0.445. The third-order valence-corrected chi connectivity index (χ3v) is 5.50. The Bertz CT molecular complexity index is 785. The predicted molar refractivity (Wildman–Crippen MR) is 114 cm³/mol. The summed E-state index contributed by atoms with van der Waals surface area (Å²) >= 11 is 0. The molecular weight excluding hydrogens is 316 g/mol. The lowest BCUT2D eigenvalue weighted by Gasteiger charge is -2.28. The molecule has 0 saturated heterocycles. The minimum Gasteiger partial charge on any atom is -0.508 e. The largest absolute Gasteiger partial charge is 0.508 e. The quantitative estimate of drug-likeness (QED) is 0.622. The number of phenols is 1. The average molecular weight is 353 g/mol. The van der Waals surface area contributed by atoms with Crippen LogP contribution in [0.3, 0.4) is 0 Å². The molecular formula is C25H36O. The molecule has 0 amide bonds. The van der Waals surface area contributed by atoms with E-state index in [9.17, 15) is 5.11 Å². The number of aryl methyl sites for hydroxylation is 2. The smallest absolute Gasteiger partial charge is 0.119 e. The van der Waals surface area contributed by atoms with Gasteiger partial charge in [-0.15, -0.1) is 0 Å². The molecule has 142 valence electrons. The Morgan fingerprint density at radius 3 is 1.88 bits per heavy atom. The van der Waals surface area contributed by atoms with Crippen LogP contribution >= 0.6 is 0 Å². The van der Waals surface area contributed by atoms with Crippen LogP contribution in [0.15, 0.2) is 30.3 Å². The van der Waals surface area contributed by atoms with Crippen LogP contribution in [0.1, 0.15) is 94.2 Å². The first-order valence-corrected chi connectivity index (χ1v) is 9.81. The Morgan fingerprint density at radius 1 is 0.808 bits per heavy atom. The van der Waals surface area contributed by atoms with E-state index in [2.05, 4.69) is 86.6 Å². The number of benzene rings is 2. The van der Waals surface area contributed by atoms with E-state index in [1.54, 1.807) is 0 Å². The number of rotatable bonds is 3. The van der Waals surface area contributed by atoms with E-state index in [0.29, 0.717) is 11.7 Å². The van der Waals surface area contributed by atoms with Gasteiger partial charge in [-0.1, -0.05) is 72.7 Å². The summed E-state index contributed by atoms with van der Waals surface area (Å²) in [5.41, 5.74) is 7.73. The van der Waals surface area contributed by atoms with Crippen molar-refractivity contribution in [2.75, 3.05) is 0 Å². The molecule has 1 heteroatoms. The Hall–Kier alpha value is -1.76. The molecule has 0 saturated carbocycles. The Balaban J connectivity index is 2.67. The second-order valence-corrected chi connectivity index (χ2v) is 9.76. The van der Waals surface area contributed by atoms with E-state index < -0.39 is 0 Å². The number of phenolic OH excluding ortho intramolecular Hbond substituents is 1. The fourth-order valence-corrected chi connectivity index (χ4v) is 3.78. The second-order valence-electron chi connectivity index (χ2n) is 9.76. The first kappa shape index (κ1) is 20.6. The predicted octanol–water partition coefficient (Wildman–Crippen LogP) is 7.15. The molecule has 0 fully saturated rings. The molecule has 1 N–H and O–H groups in total. The van der Waals surface area contributed by atoms with Crippen LogP contribution in [-0.2, 0) is 10.8 Å². The highest BCUT2D eigenvalue weighted by Crippen LogP contribution is 2.40. The molecule has 2 aromatic rings. The van der Waals surface area contributed by atoms with E-state index in [0.717, 1.165) is 12.0 Å². The minimum absolute atomic E-state index is 0.0763. The average Bonchev–Trinajstić information content (AvgIpc) is 2.49. The summed E-state index contributed by atoms with van der Waals surface area (Å²) < 4.78 is 0. The summed E-state index contributed by atoms with van der Waals surface area (Å²) in [7, 11) is 0. The van der Waals surface area contributed by atoms with Gasteiger partial charge in [0, 0.05) is 5.92 Å². The first-order chi connectivity index (χ1) is 11.9. The number of hydrogen-bond donors (Lipinski definition) is 1. The van der Waals surface area contributed by atoms with Crippen LogP contribution in [-0.4, -0.2) is 5.11 Å². The maximum absolute atomic E-state index is 10.5. The van der Waals surface area contributed by atoms with Crippen molar-refractivity contribution in [3.63, 3.8) is 0 Å². The zero-order valence-corrected chi connectivity index (χ0v) is 18.1. The normalized spacial score (nSPS) is 13.7. The molecule has 0 aliphatic rings. The van der Waals surface area contributed by atoms with Gasteiger partial charge >= 0.3 is 0 Å². The van der Waals surface area contributed by atoms with Gasteiger partial charge in [-0.05, 0) is 70.5 Å². The molecule has 1 nitrogen and oxygen atoms in total. The van der Waals surface area contributed by atoms with Gasteiger partial charge in [-0.25, -0.2) is 0 Å². The standard InChI is InChI=1S/C25H36O/c1-10-19(20-14-18(24(4,5)6)12-11-16(20)2)21-15-22(25(7,8)9)23(26)13-17(21)3/h11-15,19,26H,10H2,1-9H3. The molecule has 2 aromatic carbocycles. The molecule has 0 aliphatic heterocycles. The van der Waals surface area contributed by atoms with E-state index in [1.807, 2.05) is 6.07 Å². The maximum Gasteiger partial charge on any atom is 0.119 e. The van der Waals surface area contributed by atoms with Crippen LogP contribution < -0.4 is 0 Å². The lowest BCUT2D eigenvalue weighted by Crippen LogP contribution is -2.15. The van der Waals surface area contributed by atoms with Gasteiger partial charge in [-0.2, -0.15) is 0 Å². The maximum atomic E-state index is 10.5. The van der Waals surface area contributed by atoms with E-state index in [1.165, 1.54) is 27.8 Å². The molecule has 1 atom stereocenters. The van der Waals surface area contributed by atoms with Crippen molar-refractivity contribution in [1.82, 2.24) is 0 Å². The Labute approximate surface area is 160 Å². The second kappa shape index (κ2) is 7.10. The zero-order chi connectivity index (χ0) is 19.9. The van der Waals surface area contributed by atoms with Crippen LogP contribution in [0.5, 0.6) is 5.75 Å². The zero-order valence-electron chi connectivity index (χ0n) is 18.1. The van der Waals surface area contributed by atoms with Gasteiger partial charge in [0.2, 0.25) is 0 Å². The van der Waals surface area contributed by atoms with Crippen molar-refractivity contribution < 1.29 is 5.11 Å². The van der Waals surface area contributed by atoms with Crippen LogP contribution in [0.2, 0.25) is 0 Å². The van der Waals surface area contributed by atoms with Crippen LogP contribution in [0.4, 0.5) is 0 Å². The molecule has 2 rings (SSSR count). The van der Waals surface area contributed by atoms with Crippen LogP contribution in [0.25, 0.3) is 0 Å². The first-order valence-electron chi connectivity index (χ1n) is 9.81. The highest BCUT2D eigenvalue weighted by molar-refractivity contribution is 5.50. The van der Waals surface area contributed by atoms with Crippen molar-refractivity contribution in [2.24, 2.45) is 0 Å². The van der Waals surface area contributed by atoms with E-state index in [4.69, 9.17) is 0 Å². The Kier molecular flexibility index (Phi) is 5.61. The molecule has 0 aromatic heterocycles. The van der Waals surface area contributed by atoms with E-state index in [-0.39, 0.29) is 10.8 Å².